The molecule has 0 spiro atoms. The molecular weight excluding hydrogens is 370 g/mol. The molecule has 1 fully saturated rings. The Morgan fingerprint density at radius 1 is 1.18 bits per heavy atom. The number of aromatic nitrogens is 1. The van der Waals surface area contributed by atoms with Crippen LogP contribution in [-0.2, 0) is 24.4 Å². The normalized spacial score (nSPS) is 25.2. The number of pyridine rings is 1. The molecule has 0 saturated heterocycles. The second-order valence-corrected chi connectivity index (χ2v) is 9.23. The number of nitrogens with zero attached hydrogens (tertiary/aromatic N) is 3. The number of amides is 1. The molecule has 0 N–H and O–H groups in total. The van der Waals surface area contributed by atoms with E-state index in [2.05, 4.69) is 28.1 Å². The molecule has 1 atom stereocenters. The van der Waals surface area contributed by atoms with Crippen LogP contribution in [0.4, 0.5) is 0 Å². The Labute approximate surface area is 171 Å². The Hall–Kier alpha value is -1.91. The molecule has 4 nitrogen and oxygen atoms in total. The fourth-order valence-electron chi connectivity index (χ4n) is 4.86. The number of carbonyl (C=O) groups excluding carboxylic acids is 1. The molecule has 3 heterocycles. The number of halogens is 1. The SMILES string of the molecule is CC1(Cl)c2ccncc2C(=O)N1Cc1ccc2c(c1)CCN(C1CCC1)CC2. The van der Waals surface area contributed by atoms with Crippen molar-refractivity contribution >= 4 is 17.5 Å². The van der Waals surface area contributed by atoms with E-state index in [9.17, 15) is 4.79 Å². The minimum Gasteiger partial charge on any atom is -0.311 e. The van der Waals surface area contributed by atoms with E-state index < -0.39 is 5.00 Å². The minimum absolute atomic E-state index is 0.0355. The first-order chi connectivity index (χ1) is 13.5. The molecule has 1 amide bonds. The van der Waals surface area contributed by atoms with Crippen molar-refractivity contribution in [2.24, 2.45) is 0 Å². The van der Waals surface area contributed by atoms with Crippen molar-refractivity contribution in [3.05, 3.63) is 64.5 Å². The third-order valence-electron chi connectivity index (χ3n) is 6.83. The molecule has 3 aliphatic rings. The van der Waals surface area contributed by atoms with Crippen LogP contribution in [0.25, 0.3) is 0 Å². The van der Waals surface area contributed by atoms with Crippen LogP contribution in [0.1, 0.15) is 58.8 Å². The largest absolute Gasteiger partial charge is 0.311 e. The topological polar surface area (TPSA) is 36.4 Å². The van der Waals surface area contributed by atoms with Crippen molar-refractivity contribution in [1.29, 1.82) is 0 Å². The van der Waals surface area contributed by atoms with Gasteiger partial charge in [-0.25, -0.2) is 0 Å². The van der Waals surface area contributed by atoms with Gasteiger partial charge in [0.15, 0.2) is 0 Å². The van der Waals surface area contributed by atoms with E-state index in [4.69, 9.17) is 11.6 Å². The van der Waals surface area contributed by atoms with Gasteiger partial charge in [-0.05, 0) is 55.4 Å². The number of fused-ring (bicyclic) bond motifs is 2. The first-order valence-electron chi connectivity index (χ1n) is 10.3. The van der Waals surface area contributed by atoms with Gasteiger partial charge in [0, 0.05) is 43.6 Å². The van der Waals surface area contributed by atoms with Gasteiger partial charge in [-0.3, -0.25) is 14.7 Å². The Morgan fingerprint density at radius 3 is 2.68 bits per heavy atom. The predicted octanol–water partition coefficient (Wildman–Crippen LogP) is 4.10. The summed E-state index contributed by atoms with van der Waals surface area (Å²) in [6.07, 6.45) is 9.66. The van der Waals surface area contributed by atoms with Crippen LogP contribution in [-0.4, -0.2) is 39.8 Å². The van der Waals surface area contributed by atoms with Crippen LogP contribution in [0.3, 0.4) is 0 Å². The molecule has 1 saturated carbocycles. The van der Waals surface area contributed by atoms with Gasteiger partial charge in [-0.1, -0.05) is 36.2 Å². The van der Waals surface area contributed by atoms with Gasteiger partial charge in [0.25, 0.3) is 5.91 Å². The molecule has 2 aliphatic heterocycles. The highest BCUT2D eigenvalue weighted by Gasteiger charge is 2.45. The maximum Gasteiger partial charge on any atom is 0.257 e. The Bertz CT molecular complexity index is 922. The van der Waals surface area contributed by atoms with Crippen molar-refractivity contribution in [2.75, 3.05) is 13.1 Å². The van der Waals surface area contributed by atoms with Crippen LogP contribution in [0.15, 0.2) is 36.7 Å². The highest BCUT2D eigenvalue weighted by atomic mass is 35.5. The first kappa shape index (κ1) is 18.1. The molecule has 146 valence electrons. The predicted molar refractivity (Wildman–Crippen MR) is 110 cm³/mol. The monoisotopic (exact) mass is 395 g/mol. The summed E-state index contributed by atoms with van der Waals surface area (Å²) in [6.45, 7) is 4.74. The lowest BCUT2D eigenvalue weighted by Gasteiger charge is -2.36. The highest BCUT2D eigenvalue weighted by molar-refractivity contribution is 6.27. The summed E-state index contributed by atoms with van der Waals surface area (Å²) in [5.41, 5.74) is 5.50. The summed E-state index contributed by atoms with van der Waals surface area (Å²) in [6, 6.07) is 9.38. The lowest BCUT2D eigenvalue weighted by Crippen LogP contribution is -2.41. The smallest absolute Gasteiger partial charge is 0.257 e. The van der Waals surface area contributed by atoms with Gasteiger partial charge in [0.1, 0.15) is 5.00 Å². The standard InChI is InChI=1S/C23H26ClN3O/c1-23(24)21-7-10-25-14-20(21)22(28)27(23)15-16-5-6-17-8-11-26(19-3-2-4-19)12-9-18(17)13-16/h5-7,10,13-14,19H,2-4,8-9,11-12,15H2,1H3. The van der Waals surface area contributed by atoms with Crippen molar-refractivity contribution in [3.8, 4) is 0 Å². The Kier molecular flexibility index (Phi) is 4.44. The minimum atomic E-state index is -0.830. The van der Waals surface area contributed by atoms with E-state index in [0.717, 1.165) is 36.6 Å². The molecule has 28 heavy (non-hydrogen) atoms. The number of alkyl halides is 1. The molecule has 5 heteroatoms. The lowest BCUT2D eigenvalue weighted by molar-refractivity contribution is 0.0683. The van der Waals surface area contributed by atoms with E-state index in [1.54, 1.807) is 17.3 Å². The summed E-state index contributed by atoms with van der Waals surface area (Å²) < 4.78 is 0. The van der Waals surface area contributed by atoms with E-state index in [0.29, 0.717) is 12.1 Å². The Balaban J connectivity index is 1.36. The van der Waals surface area contributed by atoms with Crippen LogP contribution >= 0.6 is 11.6 Å². The lowest BCUT2D eigenvalue weighted by atomic mass is 9.91. The van der Waals surface area contributed by atoms with Crippen molar-refractivity contribution in [2.45, 2.75) is 56.6 Å². The number of hydrogen-bond acceptors (Lipinski definition) is 3. The maximum atomic E-state index is 12.9. The molecular formula is C23H26ClN3O. The third kappa shape index (κ3) is 2.94. The average molecular weight is 396 g/mol. The molecule has 5 rings (SSSR count). The maximum absolute atomic E-state index is 12.9. The zero-order valence-electron chi connectivity index (χ0n) is 16.3. The second kappa shape index (κ2) is 6.85. The first-order valence-corrected chi connectivity index (χ1v) is 10.7. The van der Waals surface area contributed by atoms with Crippen LogP contribution < -0.4 is 0 Å². The molecule has 1 unspecified atom stereocenters. The fourth-order valence-corrected chi connectivity index (χ4v) is 5.16. The van der Waals surface area contributed by atoms with Gasteiger partial charge in [-0.2, -0.15) is 0 Å². The van der Waals surface area contributed by atoms with E-state index >= 15 is 0 Å². The number of hydrogen-bond donors (Lipinski definition) is 0. The zero-order valence-corrected chi connectivity index (χ0v) is 17.1. The van der Waals surface area contributed by atoms with Gasteiger partial charge in [0.05, 0.1) is 5.56 Å². The molecule has 0 radical (unpaired) electrons. The van der Waals surface area contributed by atoms with E-state index in [1.165, 1.54) is 36.9 Å². The zero-order chi connectivity index (χ0) is 19.3. The molecule has 1 aliphatic carbocycles. The summed E-state index contributed by atoms with van der Waals surface area (Å²) in [7, 11) is 0. The summed E-state index contributed by atoms with van der Waals surface area (Å²) in [5, 5.41) is 0. The molecule has 1 aromatic heterocycles. The molecule has 2 aromatic rings. The number of rotatable bonds is 3. The van der Waals surface area contributed by atoms with Crippen LogP contribution in [0, 0.1) is 0 Å². The van der Waals surface area contributed by atoms with Crippen molar-refractivity contribution in [1.82, 2.24) is 14.8 Å². The fraction of sp³-hybridized carbons (Fsp3) is 0.478. The Morgan fingerprint density at radius 2 is 1.96 bits per heavy atom. The summed E-state index contributed by atoms with van der Waals surface area (Å²) >= 11 is 6.83. The summed E-state index contributed by atoms with van der Waals surface area (Å²) in [5.74, 6) is -0.0355. The quantitative estimate of drug-likeness (QED) is 0.579. The van der Waals surface area contributed by atoms with Gasteiger partial charge in [-0.15, -0.1) is 0 Å². The van der Waals surface area contributed by atoms with Crippen molar-refractivity contribution < 1.29 is 4.79 Å². The number of carbonyl (C=O) groups is 1. The van der Waals surface area contributed by atoms with E-state index in [-0.39, 0.29) is 5.91 Å². The van der Waals surface area contributed by atoms with Crippen LogP contribution in [0.5, 0.6) is 0 Å². The van der Waals surface area contributed by atoms with Gasteiger partial charge < -0.3 is 4.90 Å². The molecule has 0 bridgehead atoms. The summed E-state index contributed by atoms with van der Waals surface area (Å²) in [4.78, 5) is 20.6. The average Bonchev–Trinajstić information content (AvgIpc) is 2.79. The van der Waals surface area contributed by atoms with Gasteiger partial charge in [0.2, 0.25) is 0 Å². The van der Waals surface area contributed by atoms with Crippen LogP contribution in [0.2, 0.25) is 0 Å². The van der Waals surface area contributed by atoms with E-state index in [1.807, 2.05) is 13.0 Å². The van der Waals surface area contributed by atoms with Crippen molar-refractivity contribution in [3.63, 3.8) is 0 Å². The third-order valence-corrected chi connectivity index (χ3v) is 7.24. The highest BCUT2D eigenvalue weighted by Crippen LogP contribution is 2.42. The number of benzene rings is 1. The van der Waals surface area contributed by atoms with Gasteiger partial charge >= 0.3 is 0 Å². The molecule has 1 aromatic carbocycles. The second-order valence-electron chi connectivity index (χ2n) is 8.49.